The number of rotatable bonds is 9. The van der Waals surface area contributed by atoms with Crippen LogP contribution >= 0.6 is 11.8 Å². The maximum absolute atomic E-state index is 13.7. The molecular weight excluding hydrogens is 486 g/mol. The van der Waals surface area contributed by atoms with E-state index in [9.17, 15) is 9.59 Å². The van der Waals surface area contributed by atoms with Gasteiger partial charge in [-0.3, -0.25) is 14.2 Å². The molecule has 0 spiro atoms. The summed E-state index contributed by atoms with van der Waals surface area (Å²) in [5, 5.41) is 3.63. The summed E-state index contributed by atoms with van der Waals surface area (Å²) in [4.78, 5) is 31.6. The summed E-state index contributed by atoms with van der Waals surface area (Å²) in [5.74, 6) is 1.03. The molecule has 3 aromatic carbocycles. The van der Waals surface area contributed by atoms with Crippen molar-refractivity contribution in [3.05, 3.63) is 93.8 Å². The monoisotopic (exact) mass is 515 g/mol. The van der Waals surface area contributed by atoms with Crippen molar-refractivity contribution in [1.82, 2.24) is 14.9 Å². The standard InChI is InChI=1S/C29H29N3O4S/c1-3-26(27(33)30-17-21-11-9-19(2)10-12-21)37-29-31-23-16-25-24(35-18-36-25)15-22(23)28(34)32(29)14-13-20-7-5-4-6-8-20/h4-12,15-16,26H,3,13-14,17-18H2,1-2H3,(H,30,33)/t26-/m0/s1. The van der Waals surface area contributed by atoms with E-state index in [2.05, 4.69) is 5.32 Å². The predicted octanol–water partition coefficient (Wildman–Crippen LogP) is 4.86. The highest BCUT2D eigenvalue weighted by Crippen LogP contribution is 2.35. The van der Waals surface area contributed by atoms with E-state index in [0.717, 1.165) is 11.1 Å². The lowest BCUT2D eigenvalue weighted by atomic mass is 10.1. The van der Waals surface area contributed by atoms with Crippen LogP contribution in [0.1, 0.15) is 30.0 Å². The lowest BCUT2D eigenvalue weighted by Gasteiger charge is -2.18. The molecule has 1 N–H and O–H groups in total. The second kappa shape index (κ2) is 11.1. The number of aryl methyl sites for hydroxylation is 2. The third kappa shape index (κ3) is 5.64. The quantitative estimate of drug-likeness (QED) is 0.253. The number of nitrogens with zero attached hydrogens (tertiary/aromatic N) is 2. The third-order valence-corrected chi connectivity index (χ3v) is 7.73. The summed E-state index contributed by atoms with van der Waals surface area (Å²) in [6.45, 7) is 5.02. The normalized spacial score (nSPS) is 13.0. The van der Waals surface area contributed by atoms with E-state index in [0.29, 0.717) is 53.5 Å². The van der Waals surface area contributed by atoms with Gasteiger partial charge >= 0.3 is 0 Å². The highest BCUT2D eigenvalue weighted by Gasteiger charge is 2.24. The van der Waals surface area contributed by atoms with Crippen LogP contribution in [0.15, 0.2) is 76.7 Å². The van der Waals surface area contributed by atoms with Crippen molar-refractivity contribution in [3.8, 4) is 11.5 Å². The number of thioether (sulfide) groups is 1. The van der Waals surface area contributed by atoms with Gasteiger partial charge < -0.3 is 14.8 Å². The lowest BCUT2D eigenvalue weighted by Crippen LogP contribution is -2.33. The molecule has 1 amide bonds. The molecule has 0 aliphatic carbocycles. The van der Waals surface area contributed by atoms with E-state index in [4.69, 9.17) is 14.5 Å². The predicted molar refractivity (Wildman–Crippen MR) is 145 cm³/mol. The Morgan fingerprint density at radius 1 is 1.05 bits per heavy atom. The molecule has 1 aliphatic rings. The highest BCUT2D eigenvalue weighted by atomic mass is 32.2. The van der Waals surface area contributed by atoms with Crippen molar-refractivity contribution in [2.45, 2.75) is 50.2 Å². The molecule has 0 bridgehead atoms. The average molecular weight is 516 g/mol. The van der Waals surface area contributed by atoms with Crippen molar-refractivity contribution in [2.24, 2.45) is 0 Å². The number of aromatic nitrogens is 2. The van der Waals surface area contributed by atoms with Crippen LogP contribution in [0.5, 0.6) is 11.5 Å². The first-order valence-electron chi connectivity index (χ1n) is 12.4. The largest absolute Gasteiger partial charge is 0.454 e. The first kappa shape index (κ1) is 24.9. The summed E-state index contributed by atoms with van der Waals surface area (Å²) in [5.41, 5.74) is 3.72. The molecule has 0 radical (unpaired) electrons. The van der Waals surface area contributed by atoms with Gasteiger partial charge in [0.1, 0.15) is 0 Å². The van der Waals surface area contributed by atoms with Gasteiger partial charge in [0.05, 0.1) is 16.2 Å². The first-order valence-corrected chi connectivity index (χ1v) is 13.3. The van der Waals surface area contributed by atoms with E-state index in [1.54, 1.807) is 16.7 Å². The summed E-state index contributed by atoms with van der Waals surface area (Å²) in [6, 6.07) is 21.5. The Hall–Kier alpha value is -3.78. The Morgan fingerprint density at radius 3 is 2.51 bits per heavy atom. The van der Waals surface area contributed by atoms with Crippen LogP contribution in [-0.2, 0) is 24.3 Å². The molecule has 37 heavy (non-hydrogen) atoms. The molecule has 7 nitrogen and oxygen atoms in total. The lowest BCUT2D eigenvalue weighted by molar-refractivity contribution is -0.120. The number of carbonyl (C=O) groups excluding carboxylic acids is 1. The van der Waals surface area contributed by atoms with Crippen molar-refractivity contribution in [1.29, 1.82) is 0 Å². The molecule has 1 aliphatic heterocycles. The Balaban J connectivity index is 1.43. The molecule has 2 heterocycles. The van der Waals surface area contributed by atoms with Crippen molar-refractivity contribution >= 4 is 28.6 Å². The molecule has 1 aromatic heterocycles. The maximum atomic E-state index is 13.7. The van der Waals surface area contributed by atoms with E-state index >= 15 is 0 Å². The molecule has 5 rings (SSSR count). The van der Waals surface area contributed by atoms with Crippen LogP contribution < -0.4 is 20.3 Å². The number of hydrogen-bond acceptors (Lipinski definition) is 6. The zero-order chi connectivity index (χ0) is 25.8. The molecule has 1 atom stereocenters. The van der Waals surface area contributed by atoms with Gasteiger partial charge in [-0.1, -0.05) is 78.8 Å². The number of hydrogen-bond donors (Lipinski definition) is 1. The molecular formula is C29H29N3O4S. The summed E-state index contributed by atoms with van der Waals surface area (Å²) in [6.07, 6.45) is 1.26. The number of benzene rings is 3. The number of fused-ring (bicyclic) bond motifs is 2. The second-order valence-electron chi connectivity index (χ2n) is 9.03. The number of ether oxygens (including phenoxy) is 2. The SMILES string of the molecule is CC[C@H](Sc1nc2cc3c(cc2c(=O)n1CCc1ccccc1)OCO3)C(=O)NCc1ccc(C)cc1. The van der Waals surface area contributed by atoms with Crippen LogP contribution in [0.25, 0.3) is 10.9 Å². The van der Waals surface area contributed by atoms with Crippen molar-refractivity contribution in [3.63, 3.8) is 0 Å². The Bertz CT molecular complexity index is 1470. The van der Waals surface area contributed by atoms with Crippen LogP contribution in [0.3, 0.4) is 0 Å². The van der Waals surface area contributed by atoms with Gasteiger partial charge in [-0.2, -0.15) is 0 Å². The zero-order valence-electron chi connectivity index (χ0n) is 20.9. The Labute approximate surface area is 219 Å². The van der Waals surface area contributed by atoms with Gasteiger partial charge in [-0.15, -0.1) is 0 Å². The van der Waals surface area contributed by atoms with E-state index in [1.165, 1.54) is 17.3 Å². The van der Waals surface area contributed by atoms with Crippen LogP contribution in [-0.4, -0.2) is 27.5 Å². The fourth-order valence-electron chi connectivity index (χ4n) is 4.22. The van der Waals surface area contributed by atoms with Gasteiger partial charge in [0.2, 0.25) is 12.7 Å². The number of amides is 1. The van der Waals surface area contributed by atoms with Crippen LogP contribution in [0, 0.1) is 6.92 Å². The Morgan fingerprint density at radius 2 is 1.78 bits per heavy atom. The fraction of sp³-hybridized carbons (Fsp3) is 0.276. The van der Waals surface area contributed by atoms with Crippen LogP contribution in [0.2, 0.25) is 0 Å². The van der Waals surface area contributed by atoms with Gasteiger partial charge in [0.15, 0.2) is 16.7 Å². The van der Waals surface area contributed by atoms with Gasteiger partial charge in [-0.05, 0) is 37.0 Å². The number of nitrogens with one attached hydrogen (secondary N) is 1. The first-order chi connectivity index (χ1) is 18.0. The van der Waals surface area contributed by atoms with E-state index < -0.39 is 5.25 Å². The molecule has 0 fully saturated rings. The Kier molecular flexibility index (Phi) is 7.46. The van der Waals surface area contributed by atoms with Gasteiger partial charge in [0.25, 0.3) is 5.56 Å². The van der Waals surface area contributed by atoms with Crippen LogP contribution in [0.4, 0.5) is 0 Å². The number of carbonyl (C=O) groups is 1. The highest BCUT2D eigenvalue weighted by molar-refractivity contribution is 8.00. The van der Waals surface area contributed by atoms with Crippen molar-refractivity contribution in [2.75, 3.05) is 6.79 Å². The molecule has 8 heteroatoms. The second-order valence-corrected chi connectivity index (χ2v) is 10.2. The molecule has 4 aromatic rings. The average Bonchev–Trinajstić information content (AvgIpc) is 3.38. The topological polar surface area (TPSA) is 82.5 Å². The van der Waals surface area contributed by atoms with Crippen molar-refractivity contribution < 1.29 is 14.3 Å². The molecule has 0 saturated heterocycles. The maximum Gasteiger partial charge on any atom is 0.262 e. The summed E-state index contributed by atoms with van der Waals surface area (Å²) >= 11 is 1.33. The van der Waals surface area contributed by atoms with Gasteiger partial charge in [-0.25, -0.2) is 4.98 Å². The third-order valence-electron chi connectivity index (χ3n) is 6.38. The van der Waals surface area contributed by atoms with Gasteiger partial charge in [0, 0.05) is 19.2 Å². The zero-order valence-corrected chi connectivity index (χ0v) is 21.7. The van der Waals surface area contributed by atoms with E-state index in [-0.39, 0.29) is 18.3 Å². The molecule has 0 unspecified atom stereocenters. The minimum absolute atomic E-state index is 0.0808. The minimum atomic E-state index is -0.396. The molecule has 190 valence electrons. The molecule has 0 saturated carbocycles. The summed E-state index contributed by atoms with van der Waals surface area (Å²) in [7, 11) is 0. The van der Waals surface area contributed by atoms with E-state index in [1.807, 2.05) is 68.4 Å². The smallest absolute Gasteiger partial charge is 0.262 e. The fourth-order valence-corrected chi connectivity index (χ4v) is 5.29. The minimum Gasteiger partial charge on any atom is -0.454 e. The summed E-state index contributed by atoms with van der Waals surface area (Å²) < 4.78 is 12.7.